The number of Topliss-reactive ketones (excluding diaryl/α,β-unsaturated/α-hetero) is 1. The summed E-state index contributed by atoms with van der Waals surface area (Å²) < 4.78 is 13.7. The van der Waals surface area contributed by atoms with Crippen LogP contribution in [-0.2, 0) is 9.59 Å². The Labute approximate surface area is 154 Å². The fraction of sp³-hybridized carbons (Fsp3) is 0.905. The first kappa shape index (κ1) is 26.3. The van der Waals surface area contributed by atoms with Crippen LogP contribution in [0.4, 0.5) is 4.39 Å². The molecule has 0 aromatic carbocycles. The topological polar surface area (TPSA) is 54.4 Å². The minimum Gasteiger partial charge on any atom is -0.481 e. The molecule has 0 spiro atoms. The van der Waals surface area contributed by atoms with Crippen LogP contribution in [-0.4, -0.2) is 22.5 Å². The summed E-state index contributed by atoms with van der Waals surface area (Å²) in [6, 6.07) is 0. The van der Waals surface area contributed by atoms with E-state index in [1.807, 2.05) is 20.8 Å². The van der Waals surface area contributed by atoms with Crippen LogP contribution >= 0.6 is 0 Å². The van der Waals surface area contributed by atoms with E-state index in [4.69, 9.17) is 5.11 Å². The Morgan fingerprint density at radius 1 is 0.920 bits per heavy atom. The fourth-order valence-electron chi connectivity index (χ4n) is 2.79. The molecule has 4 heteroatoms. The van der Waals surface area contributed by atoms with Crippen molar-refractivity contribution in [1.82, 2.24) is 0 Å². The number of alkyl halides is 1. The molecule has 0 aromatic rings. The molecule has 0 saturated heterocycles. The Hall–Kier alpha value is -0.930. The zero-order chi connectivity index (χ0) is 20.5. The number of hydrogen-bond donors (Lipinski definition) is 1. The van der Waals surface area contributed by atoms with Crippen molar-refractivity contribution in [2.24, 2.45) is 16.7 Å². The lowest BCUT2D eigenvalue weighted by atomic mass is 9.75. The van der Waals surface area contributed by atoms with Crippen LogP contribution < -0.4 is 0 Å². The summed E-state index contributed by atoms with van der Waals surface area (Å²) in [5.41, 5.74) is -1.49. The van der Waals surface area contributed by atoms with Gasteiger partial charge in [-0.2, -0.15) is 0 Å². The number of aliphatic carboxylic acids is 1. The molecule has 0 radical (unpaired) electrons. The molecular weight excluding hydrogens is 319 g/mol. The van der Waals surface area contributed by atoms with Crippen molar-refractivity contribution < 1.29 is 19.1 Å². The third-order valence-corrected chi connectivity index (χ3v) is 6.13. The van der Waals surface area contributed by atoms with E-state index in [0.717, 1.165) is 32.1 Å². The van der Waals surface area contributed by atoms with Crippen LogP contribution in [0.3, 0.4) is 0 Å². The summed E-state index contributed by atoms with van der Waals surface area (Å²) >= 11 is 0. The van der Waals surface area contributed by atoms with Gasteiger partial charge in [0.05, 0.1) is 5.92 Å². The van der Waals surface area contributed by atoms with Crippen molar-refractivity contribution >= 4 is 11.8 Å². The lowest BCUT2D eigenvalue weighted by Crippen LogP contribution is -2.34. The Bertz CT molecular complexity index is 407. The third-order valence-electron chi connectivity index (χ3n) is 6.13. The monoisotopic (exact) mass is 360 g/mol. The number of carbonyl (C=O) groups excluding carboxylic acids is 1. The van der Waals surface area contributed by atoms with Crippen LogP contribution in [0.25, 0.3) is 0 Å². The van der Waals surface area contributed by atoms with Crippen molar-refractivity contribution in [3.05, 3.63) is 0 Å². The van der Waals surface area contributed by atoms with E-state index in [2.05, 4.69) is 20.8 Å². The summed E-state index contributed by atoms with van der Waals surface area (Å²) in [6.45, 7) is 17.0. The minimum absolute atomic E-state index is 0.0465. The van der Waals surface area contributed by atoms with Crippen molar-refractivity contribution in [3.8, 4) is 0 Å². The second-order valence-electron chi connectivity index (χ2n) is 8.41. The first-order valence-corrected chi connectivity index (χ1v) is 9.65. The van der Waals surface area contributed by atoms with Gasteiger partial charge in [0.25, 0.3) is 0 Å². The average Bonchev–Trinajstić information content (AvgIpc) is 2.54. The molecule has 0 fully saturated rings. The van der Waals surface area contributed by atoms with Gasteiger partial charge in [0.1, 0.15) is 0 Å². The SMILES string of the molecule is CCC(C)(CC)CC(C)(F)C(C)=O.CCC(C)(CC)CC(C)C(=O)O. The molecule has 3 nitrogen and oxygen atoms in total. The summed E-state index contributed by atoms with van der Waals surface area (Å²) in [6.07, 6.45) is 5.06. The van der Waals surface area contributed by atoms with Gasteiger partial charge in [0.15, 0.2) is 11.5 Å². The van der Waals surface area contributed by atoms with Gasteiger partial charge in [-0.15, -0.1) is 0 Å². The van der Waals surface area contributed by atoms with Crippen molar-refractivity contribution in [1.29, 1.82) is 0 Å². The molecule has 25 heavy (non-hydrogen) atoms. The standard InChI is InChI=1S/C11H21FO.C10H20O2/c1-6-10(4,7-2)8-11(5,12)9(3)13;1-5-10(4,6-2)7-8(3)9(11)12/h6-8H2,1-5H3;8H,5-7H2,1-4H3,(H,11,12). The van der Waals surface area contributed by atoms with Gasteiger partial charge in [0, 0.05) is 0 Å². The largest absolute Gasteiger partial charge is 0.481 e. The molecule has 0 amide bonds. The lowest BCUT2D eigenvalue weighted by Gasteiger charge is -2.32. The number of carboxylic acids is 1. The molecule has 2 atom stereocenters. The summed E-state index contributed by atoms with van der Waals surface area (Å²) in [4.78, 5) is 21.6. The van der Waals surface area contributed by atoms with E-state index in [1.54, 1.807) is 6.92 Å². The van der Waals surface area contributed by atoms with E-state index in [1.165, 1.54) is 13.8 Å². The molecule has 0 aromatic heterocycles. The zero-order valence-electron chi connectivity index (χ0n) is 18.0. The molecule has 0 aliphatic rings. The maximum absolute atomic E-state index is 13.7. The van der Waals surface area contributed by atoms with Crippen LogP contribution in [0.1, 0.15) is 101 Å². The third kappa shape index (κ3) is 9.96. The van der Waals surface area contributed by atoms with Gasteiger partial charge < -0.3 is 5.11 Å². The number of ketones is 1. The highest BCUT2D eigenvalue weighted by atomic mass is 19.1. The smallest absolute Gasteiger partial charge is 0.306 e. The fourth-order valence-corrected chi connectivity index (χ4v) is 2.79. The Balaban J connectivity index is 0. The Morgan fingerprint density at radius 2 is 1.28 bits per heavy atom. The van der Waals surface area contributed by atoms with Gasteiger partial charge in [0.2, 0.25) is 0 Å². The zero-order valence-corrected chi connectivity index (χ0v) is 18.0. The average molecular weight is 361 g/mol. The molecule has 0 heterocycles. The number of halogens is 1. The first-order chi connectivity index (χ1) is 11.2. The minimum atomic E-state index is -1.65. The van der Waals surface area contributed by atoms with Gasteiger partial charge in [-0.05, 0) is 37.5 Å². The predicted octanol–water partition coefficient (Wildman–Crippen LogP) is 6.44. The van der Waals surface area contributed by atoms with Crippen LogP contribution in [0, 0.1) is 16.7 Å². The van der Waals surface area contributed by atoms with Crippen LogP contribution in [0.5, 0.6) is 0 Å². The van der Waals surface area contributed by atoms with E-state index >= 15 is 0 Å². The molecule has 0 rings (SSSR count). The van der Waals surface area contributed by atoms with Gasteiger partial charge >= 0.3 is 5.97 Å². The van der Waals surface area contributed by atoms with Crippen molar-refractivity contribution in [3.63, 3.8) is 0 Å². The molecule has 0 bridgehead atoms. The predicted molar refractivity (Wildman–Crippen MR) is 104 cm³/mol. The second-order valence-corrected chi connectivity index (χ2v) is 8.41. The molecule has 150 valence electrons. The normalized spacial score (nSPS) is 15.6. The second kappa shape index (κ2) is 10.9. The first-order valence-electron chi connectivity index (χ1n) is 9.65. The molecule has 2 unspecified atom stereocenters. The van der Waals surface area contributed by atoms with E-state index in [0.29, 0.717) is 6.42 Å². The number of carbonyl (C=O) groups is 2. The molecular formula is C21H41FO3. The highest BCUT2D eigenvalue weighted by Gasteiger charge is 2.36. The van der Waals surface area contributed by atoms with Gasteiger partial charge in [-0.3, -0.25) is 9.59 Å². The molecule has 1 N–H and O–H groups in total. The quantitative estimate of drug-likeness (QED) is 0.487. The van der Waals surface area contributed by atoms with E-state index < -0.39 is 11.6 Å². The number of rotatable bonds is 10. The number of hydrogen-bond acceptors (Lipinski definition) is 2. The molecule has 0 aliphatic heterocycles. The highest BCUT2D eigenvalue weighted by molar-refractivity contribution is 5.84. The van der Waals surface area contributed by atoms with E-state index in [-0.39, 0.29) is 22.5 Å². The molecule has 0 aliphatic carbocycles. The summed E-state index contributed by atoms with van der Waals surface area (Å²) in [5.74, 6) is -1.25. The maximum Gasteiger partial charge on any atom is 0.306 e. The summed E-state index contributed by atoms with van der Waals surface area (Å²) in [5, 5.41) is 8.74. The molecule has 0 saturated carbocycles. The Morgan fingerprint density at radius 3 is 1.52 bits per heavy atom. The highest BCUT2D eigenvalue weighted by Crippen LogP contribution is 2.37. The van der Waals surface area contributed by atoms with E-state index in [9.17, 15) is 14.0 Å². The lowest BCUT2D eigenvalue weighted by molar-refractivity contribution is -0.142. The van der Waals surface area contributed by atoms with Crippen molar-refractivity contribution in [2.75, 3.05) is 0 Å². The Kier molecular flexibility index (Phi) is 11.5. The number of carboxylic acid groups (broad SMARTS) is 1. The summed E-state index contributed by atoms with van der Waals surface area (Å²) in [7, 11) is 0. The van der Waals surface area contributed by atoms with Crippen LogP contribution in [0.2, 0.25) is 0 Å². The van der Waals surface area contributed by atoms with Gasteiger partial charge in [-0.25, -0.2) is 4.39 Å². The van der Waals surface area contributed by atoms with Gasteiger partial charge in [-0.1, -0.05) is 74.1 Å². The van der Waals surface area contributed by atoms with Crippen molar-refractivity contribution in [2.45, 2.75) is 107 Å². The van der Waals surface area contributed by atoms with Crippen LogP contribution in [0.15, 0.2) is 0 Å². The maximum atomic E-state index is 13.7.